The van der Waals surface area contributed by atoms with Crippen LogP contribution >= 0.6 is 0 Å². The predicted molar refractivity (Wildman–Crippen MR) is 110 cm³/mol. The molecule has 0 saturated carbocycles. The van der Waals surface area contributed by atoms with E-state index in [1.54, 1.807) is 19.2 Å². The Morgan fingerprint density at radius 3 is 2.56 bits per heavy atom. The summed E-state index contributed by atoms with van der Waals surface area (Å²) in [7, 11) is 1.58. The summed E-state index contributed by atoms with van der Waals surface area (Å²) >= 11 is 0. The molecule has 5 heteroatoms. The standard InChI is InChI=1S/C22H29N3O2/c1-16(22(26)24-19-8-9-21(27-2)20(23)15-19)25-12-10-18(11-13-25)14-17-6-4-3-5-7-17/h3-9,15-16,18H,10-14,23H2,1-2H3,(H,24,26). The van der Waals surface area contributed by atoms with Gasteiger partial charge in [-0.15, -0.1) is 0 Å². The molecule has 0 aliphatic carbocycles. The van der Waals surface area contributed by atoms with Crippen LogP contribution in [-0.2, 0) is 11.2 Å². The summed E-state index contributed by atoms with van der Waals surface area (Å²) in [6, 6.07) is 15.8. The molecule has 2 aromatic rings. The van der Waals surface area contributed by atoms with Crippen molar-refractivity contribution in [1.29, 1.82) is 0 Å². The van der Waals surface area contributed by atoms with Crippen LogP contribution < -0.4 is 15.8 Å². The first-order valence-corrected chi connectivity index (χ1v) is 9.59. The third kappa shape index (κ3) is 5.01. The number of piperidine rings is 1. The number of rotatable bonds is 6. The maximum absolute atomic E-state index is 12.6. The van der Waals surface area contributed by atoms with Crippen LogP contribution in [0.2, 0.25) is 0 Å². The predicted octanol–water partition coefficient (Wildman–Crippen LogP) is 3.56. The molecule has 144 valence electrons. The van der Waals surface area contributed by atoms with Crippen molar-refractivity contribution in [2.75, 3.05) is 31.2 Å². The quantitative estimate of drug-likeness (QED) is 0.766. The van der Waals surface area contributed by atoms with Gasteiger partial charge in [-0.05, 0) is 69.0 Å². The molecule has 2 aromatic carbocycles. The van der Waals surface area contributed by atoms with Gasteiger partial charge in [-0.2, -0.15) is 0 Å². The molecule has 1 unspecified atom stereocenters. The van der Waals surface area contributed by atoms with Gasteiger partial charge in [0.25, 0.3) is 0 Å². The van der Waals surface area contributed by atoms with Gasteiger partial charge in [0, 0.05) is 5.69 Å². The lowest BCUT2D eigenvalue weighted by atomic mass is 9.89. The molecule has 1 saturated heterocycles. The Hall–Kier alpha value is -2.53. The first kappa shape index (κ1) is 19.2. The highest BCUT2D eigenvalue weighted by atomic mass is 16.5. The second-order valence-corrected chi connectivity index (χ2v) is 7.29. The average molecular weight is 367 g/mol. The second-order valence-electron chi connectivity index (χ2n) is 7.29. The first-order valence-electron chi connectivity index (χ1n) is 9.59. The molecule has 1 aliphatic rings. The van der Waals surface area contributed by atoms with Gasteiger partial charge in [-0.1, -0.05) is 30.3 Å². The summed E-state index contributed by atoms with van der Waals surface area (Å²) in [6.45, 7) is 3.88. The molecular formula is C22H29N3O2. The van der Waals surface area contributed by atoms with Crippen molar-refractivity contribution in [2.24, 2.45) is 5.92 Å². The van der Waals surface area contributed by atoms with Crippen molar-refractivity contribution in [3.63, 3.8) is 0 Å². The van der Waals surface area contributed by atoms with E-state index >= 15 is 0 Å². The van der Waals surface area contributed by atoms with Gasteiger partial charge in [0.2, 0.25) is 5.91 Å². The SMILES string of the molecule is COc1ccc(NC(=O)C(C)N2CCC(Cc3ccccc3)CC2)cc1N. The Kier molecular flexibility index (Phi) is 6.35. The maximum atomic E-state index is 12.6. The van der Waals surface area contributed by atoms with E-state index in [9.17, 15) is 4.79 Å². The van der Waals surface area contributed by atoms with Gasteiger partial charge in [-0.3, -0.25) is 9.69 Å². The van der Waals surface area contributed by atoms with Gasteiger partial charge in [0.05, 0.1) is 18.8 Å². The zero-order valence-electron chi connectivity index (χ0n) is 16.2. The Balaban J connectivity index is 1.50. The van der Waals surface area contributed by atoms with Crippen molar-refractivity contribution in [3.05, 3.63) is 54.1 Å². The summed E-state index contributed by atoms with van der Waals surface area (Å²) in [6.07, 6.45) is 3.38. The topological polar surface area (TPSA) is 67.6 Å². The number of nitrogens with zero attached hydrogens (tertiary/aromatic N) is 1. The summed E-state index contributed by atoms with van der Waals surface area (Å²) in [4.78, 5) is 14.9. The number of carbonyl (C=O) groups excluding carboxylic acids is 1. The largest absolute Gasteiger partial charge is 0.495 e. The number of hydrogen-bond donors (Lipinski definition) is 2. The van der Waals surface area contributed by atoms with Crippen LogP contribution in [0.1, 0.15) is 25.3 Å². The molecule has 1 amide bonds. The number of hydrogen-bond acceptors (Lipinski definition) is 4. The molecule has 5 nitrogen and oxygen atoms in total. The fourth-order valence-corrected chi connectivity index (χ4v) is 3.72. The number of benzene rings is 2. The molecule has 0 bridgehead atoms. The van der Waals surface area contributed by atoms with Crippen LogP contribution in [0.4, 0.5) is 11.4 Å². The number of methoxy groups -OCH3 is 1. The monoisotopic (exact) mass is 367 g/mol. The Labute approximate surface area is 161 Å². The molecule has 0 radical (unpaired) electrons. The number of nitrogen functional groups attached to an aromatic ring is 1. The van der Waals surface area contributed by atoms with E-state index in [1.807, 2.05) is 13.0 Å². The molecule has 3 N–H and O–H groups in total. The molecule has 0 spiro atoms. The van der Waals surface area contributed by atoms with Gasteiger partial charge < -0.3 is 15.8 Å². The summed E-state index contributed by atoms with van der Waals surface area (Å²) in [5, 5.41) is 2.97. The van der Waals surface area contributed by atoms with Crippen molar-refractivity contribution >= 4 is 17.3 Å². The average Bonchev–Trinajstić information content (AvgIpc) is 2.69. The van der Waals surface area contributed by atoms with E-state index in [0.717, 1.165) is 32.4 Å². The lowest BCUT2D eigenvalue weighted by Crippen LogP contribution is -2.46. The number of likely N-dealkylation sites (tertiary alicyclic amines) is 1. The van der Waals surface area contributed by atoms with Gasteiger partial charge in [0.15, 0.2) is 0 Å². The molecule has 1 atom stereocenters. The van der Waals surface area contributed by atoms with Gasteiger partial charge in [0.1, 0.15) is 5.75 Å². The third-order valence-electron chi connectivity index (χ3n) is 5.44. The van der Waals surface area contributed by atoms with E-state index < -0.39 is 0 Å². The number of nitrogens with one attached hydrogen (secondary N) is 1. The smallest absolute Gasteiger partial charge is 0.241 e. The Morgan fingerprint density at radius 2 is 1.93 bits per heavy atom. The molecule has 1 fully saturated rings. The zero-order chi connectivity index (χ0) is 19.2. The molecule has 3 rings (SSSR count). The second kappa shape index (κ2) is 8.91. The van der Waals surface area contributed by atoms with Crippen molar-refractivity contribution < 1.29 is 9.53 Å². The minimum atomic E-state index is -0.161. The first-order chi connectivity index (χ1) is 13.1. The zero-order valence-corrected chi connectivity index (χ0v) is 16.2. The number of amides is 1. The summed E-state index contributed by atoms with van der Waals surface area (Å²) in [5.41, 5.74) is 8.54. The summed E-state index contributed by atoms with van der Waals surface area (Å²) in [5.74, 6) is 1.31. The minimum Gasteiger partial charge on any atom is -0.495 e. The summed E-state index contributed by atoms with van der Waals surface area (Å²) < 4.78 is 5.15. The highest BCUT2D eigenvalue weighted by Gasteiger charge is 2.26. The molecule has 1 heterocycles. The fourth-order valence-electron chi connectivity index (χ4n) is 3.72. The van der Waals surface area contributed by atoms with Gasteiger partial charge in [-0.25, -0.2) is 0 Å². The molecule has 27 heavy (non-hydrogen) atoms. The van der Waals surface area contributed by atoms with Gasteiger partial charge >= 0.3 is 0 Å². The maximum Gasteiger partial charge on any atom is 0.241 e. The lowest BCUT2D eigenvalue weighted by molar-refractivity contribution is -0.121. The Morgan fingerprint density at radius 1 is 1.22 bits per heavy atom. The van der Waals surface area contributed by atoms with Crippen LogP contribution in [0, 0.1) is 5.92 Å². The fraction of sp³-hybridized carbons (Fsp3) is 0.409. The Bertz CT molecular complexity index is 755. The van der Waals surface area contributed by atoms with Crippen LogP contribution in [-0.4, -0.2) is 37.0 Å². The van der Waals surface area contributed by atoms with Crippen LogP contribution in [0.25, 0.3) is 0 Å². The number of ether oxygens (including phenoxy) is 1. The van der Waals surface area contributed by atoms with Crippen molar-refractivity contribution in [2.45, 2.75) is 32.2 Å². The number of anilines is 2. The minimum absolute atomic E-state index is 0.000996. The van der Waals surface area contributed by atoms with Crippen LogP contribution in [0.5, 0.6) is 5.75 Å². The van der Waals surface area contributed by atoms with Crippen LogP contribution in [0.15, 0.2) is 48.5 Å². The van der Waals surface area contributed by atoms with E-state index in [4.69, 9.17) is 10.5 Å². The van der Waals surface area contributed by atoms with E-state index in [2.05, 4.69) is 40.5 Å². The highest BCUT2D eigenvalue weighted by molar-refractivity contribution is 5.95. The van der Waals surface area contributed by atoms with Crippen LogP contribution in [0.3, 0.4) is 0 Å². The lowest BCUT2D eigenvalue weighted by Gasteiger charge is -2.35. The number of carbonyl (C=O) groups is 1. The van der Waals surface area contributed by atoms with Crippen molar-refractivity contribution in [1.82, 2.24) is 4.90 Å². The highest BCUT2D eigenvalue weighted by Crippen LogP contribution is 2.26. The number of nitrogens with two attached hydrogens (primary N) is 1. The van der Waals surface area contributed by atoms with E-state index in [1.165, 1.54) is 5.56 Å². The van der Waals surface area contributed by atoms with Crippen molar-refractivity contribution in [3.8, 4) is 5.75 Å². The molecule has 0 aromatic heterocycles. The molecular weight excluding hydrogens is 338 g/mol. The third-order valence-corrected chi connectivity index (χ3v) is 5.44. The normalized spacial score (nSPS) is 16.7. The molecule has 1 aliphatic heterocycles. The van der Waals surface area contributed by atoms with E-state index in [0.29, 0.717) is 23.0 Å². The van der Waals surface area contributed by atoms with E-state index in [-0.39, 0.29) is 11.9 Å².